The number of carbonyl (C=O) groups is 1. The number of hydrogen-bond donors (Lipinski definition) is 2. The van der Waals surface area contributed by atoms with E-state index < -0.39 is 0 Å². The molecule has 2 atom stereocenters. The third kappa shape index (κ3) is 4.88. The lowest BCUT2D eigenvalue weighted by molar-refractivity contribution is -0.127. The highest BCUT2D eigenvalue weighted by Gasteiger charge is 2.38. The molecule has 1 aliphatic carbocycles. The first-order valence-corrected chi connectivity index (χ1v) is 10.9. The van der Waals surface area contributed by atoms with Gasteiger partial charge in [-0.05, 0) is 75.1 Å². The van der Waals surface area contributed by atoms with Crippen molar-refractivity contribution in [3.63, 3.8) is 0 Å². The number of carbonyl (C=O) groups excluding carboxylic acids is 1. The van der Waals surface area contributed by atoms with Crippen LogP contribution in [-0.4, -0.2) is 48.0 Å². The molecule has 2 unspecified atom stereocenters. The Morgan fingerprint density at radius 3 is 2.70 bits per heavy atom. The van der Waals surface area contributed by atoms with Crippen molar-refractivity contribution in [1.82, 2.24) is 20.5 Å². The van der Waals surface area contributed by atoms with Gasteiger partial charge in [0.2, 0.25) is 5.91 Å². The van der Waals surface area contributed by atoms with E-state index in [4.69, 9.17) is 0 Å². The van der Waals surface area contributed by atoms with Gasteiger partial charge in [0, 0.05) is 44.0 Å². The Hall–Kier alpha value is -1.46. The smallest absolute Gasteiger partial charge is 0.223 e. The number of piperidine rings is 2. The molecule has 27 heavy (non-hydrogen) atoms. The fourth-order valence-corrected chi connectivity index (χ4v) is 5.44. The summed E-state index contributed by atoms with van der Waals surface area (Å²) >= 11 is 0. The Labute approximate surface area is 163 Å². The van der Waals surface area contributed by atoms with Crippen molar-refractivity contribution >= 4 is 5.91 Å². The second-order valence-corrected chi connectivity index (χ2v) is 8.71. The molecule has 3 aliphatic rings. The first-order chi connectivity index (χ1) is 13.3. The Balaban J connectivity index is 1.24. The van der Waals surface area contributed by atoms with E-state index in [2.05, 4.69) is 26.6 Å². The van der Waals surface area contributed by atoms with E-state index in [-0.39, 0.29) is 5.92 Å². The molecule has 2 saturated heterocycles. The van der Waals surface area contributed by atoms with E-state index in [9.17, 15) is 4.79 Å². The summed E-state index contributed by atoms with van der Waals surface area (Å²) in [5.41, 5.74) is 1.27. The van der Waals surface area contributed by atoms with Gasteiger partial charge in [-0.3, -0.25) is 14.7 Å². The summed E-state index contributed by atoms with van der Waals surface area (Å²) in [6, 6.07) is 4.50. The lowest BCUT2D eigenvalue weighted by Gasteiger charge is -2.35. The number of pyridine rings is 1. The third-order valence-corrected chi connectivity index (χ3v) is 6.96. The number of likely N-dealkylation sites (tertiary alicyclic amines) is 1. The summed E-state index contributed by atoms with van der Waals surface area (Å²) in [5, 5.41) is 6.88. The molecule has 1 saturated carbocycles. The highest BCUT2D eigenvalue weighted by atomic mass is 16.2. The third-order valence-electron chi connectivity index (χ3n) is 6.96. The lowest BCUT2D eigenvalue weighted by atomic mass is 9.78. The molecule has 3 heterocycles. The molecule has 148 valence electrons. The molecule has 5 heteroatoms. The van der Waals surface area contributed by atoms with Crippen LogP contribution in [0.5, 0.6) is 0 Å². The van der Waals surface area contributed by atoms with Crippen LogP contribution in [0, 0.1) is 17.8 Å². The molecule has 5 nitrogen and oxygen atoms in total. The molecule has 0 bridgehead atoms. The van der Waals surface area contributed by atoms with Crippen LogP contribution >= 0.6 is 0 Å². The summed E-state index contributed by atoms with van der Waals surface area (Å²) in [7, 11) is 0. The highest BCUT2D eigenvalue weighted by molar-refractivity contribution is 5.79. The number of nitrogens with zero attached hydrogens (tertiary/aromatic N) is 2. The topological polar surface area (TPSA) is 57.3 Å². The second kappa shape index (κ2) is 9.16. The fourth-order valence-electron chi connectivity index (χ4n) is 5.44. The molecule has 1 aromatic rings. The Kier molecular flexibility index (Phi) is 6.40. The van der Waals surface area contributed by atoms with Crippen molar-refractivity contribution in [2.75, 3.05) is 26.2 Å². The monoisotopic (exact) mass is 370 g/mol. The standard InChI is InChI=1S/C22H34N4O/c27-22(21-5-1-4-20(21)18-6-11-23-12-7-18)25-19-8-13-26(14-9-19)16-17-3-2-10-24-15-17/h2-3,10,15,18-21,23H,1,4-9,11-14,16H2,(H,25,27). The molecule has 0 radical (unpaired) electrons. The number of aromatic nitrogens is 1. The van der Waals surface area contributed by atoms with Crippen LogP contribution in [0.25, 0.3) is 0 Å². The summed E-state index contributed by atoms with van der Waals surface area (Å²) < 4.78 is 0. The highest BCUT2D eigenvalue weighted by Crippen LogP contribution is 2.40. The minimum atomic E-state index is 0.265. The van der Waals surface area contributed by atoms with Gasteiger partial charge in [-0.15, -0.1) is 0 Å². The van der Waals surface area contributed by atoms with E-state index in [1.54, 1.807) is 0 Å². The molecule has 2 N–H and O–H groups in total. The Morgan fingerprint density at radius 1 is 1.15 bits per heavy atom. The predicted octanol–water partition coefficient (Wildman–Crippen LogP) is 2.58. The van der Waals surface area contributed by atoms with Gasteiger partial charge in [-0.2, -0.15) is 0 Å². The number of hydrogen-bond acceptors (Lipinski definition) is 4. The molecule has 0 aromatic carbocycles. The van der Waals surface area contributed by atoms with Crippen LogP contribution < -0.4 is 10.6 Å². The SMILES string of the molecule is O=C(NC1CCN(Cc2cccnc2)CC1)C1CCCC1C1CCNCC1. The van der Waals surface area contributed by atoms with Crippen molar-refractivity contribution in [1.29, 1.82) is 0 Å². The van der Waals surface area contributed by atoms with Gasteiger partial charge in [-0.25, -0.2) is 0 Å². The number of rotatable bonds is 5. The van der Waals surface area contributed by atoms with E-state index in [0.717, 1.165) is 57.9 Å². The van der Waals surface area contributed by atoms with Gasteiger partial charge in [0.05, 0.1) is 0 Å². The van der Waals surface area contributed by atoms with E-state index in [1.807, 2.05) is 18.5 Å². The van der Waals surface area contributed by atoms with Crippen molar-refractivity contribution in [2.24, 2.45) is 17.8 Å². The van der Waals surface area contributed by atoms with Gasteiger partial charge < -0.3 is 10.6 Å². The largest absolute Gasteiger partial charge is 0.353 e. The predicted molar refractivity (Wildman–Crippen MR) is 107 cm³/mol. The zero-order valence-electron chi connectivity index (χ0n) is 16.4. The van der Waals surface area contributed by atoms with Crippen LogP contribution in [0.1, 0.15) is 50.5 Å². The van der Waals surface area contributed by atoms with Gasteiger partial charge in [0.25, 0.3) is 0 Å². The van der Waals surface area contributed by atoms with Crippen LogP contribution in [0.3, 0.4) is 0 Å². The summed E-state index contributed by atoms with van der Waals surface area (Å²) in [6.45, 7) is 5.34. The molecule has 2 aliphatic heterocycles. The number of amides is 1. The average molecular weight is 371 g/mol. The van der Waals surface area contributed by atoms with Crippen LogP contribution in [-0.2, 0) is 11.3 Å². The summed E-state index contributed by atoms with van der Waals surface area (Å²) in [6.07, 6.45) is 12.0. The molecule has 0 spiro atoms. The van der Waals surface area contributed by atoms with E-state index in [0.29, 0.717) is 17.9 Å². The van der Waals surface area contributed by atoms with Gasteiger partial charge >= 0.3 is 0 Å². The quantitative estimate of drug-likeness (QED) is 0.836. The molecule has 1 aromatic heterocycles. The minimum Gasteiger partial charge on any atom is -0.353 e. The van der Waals surface area contributed by atoms with Gasteiger partial charge in [0.1, 0.15) is 0 Å². The first kappa shape index (κ1) is 18.9. The number of nitrogens with one attached hydrogen (secondary N) is 2. The lowest BCUT2D eigenvalue weighted by Crippen LogP contribution is -2.47. The zero-order valence-corrected chi connectivity index (χ0v) is 16.4. The van der Waals surface area contributed by atoms with Crippen molar-refractivity contribution in [3.05, 3.63) is 30.1 Å². The first-order valence-electron chi connectivity index (χ1n) is 10.9. The van der Waals surface area contributed by atoms with Crippen molar-refractivity contribution in [3.8, 4) is 0 Å². The van der Waals surface area contributed by atoms with Gasteiger partial charge in [-0.1, -0.05) is 12.5 Å². The van der Waals surface area contributed by atoms with Gasteiger partial charge in [0.15, 0.2) is 0 Å². The Morgan fingerprint density at radius 2 is 1.96 bits per heavy atom. The maximum atomic E-state index is 13.0. The van der Waals surface area contributed by atoms with Crippen LogP contribution in [0.4, 0.5) is 0 Å². The van der Waals surface area contributed by atoms with Crippen LogP contribution in [0.2, 0.25) is 0 Å². The molecule has 1 amide bonds. The van der Waals surface area contributed by atoms with Crippen LogP contribution in [0.15, 0.2) is 24.5 Å². The van der Waals surface area contributed by atoms with E-state index in [1.165, 1.54) is 31.2 Å². The molecule has 4 rings (SSSR count). The van der Waals surface area contributed by atoms with Crippen molar-refractivity contribution in [2.45, 2.75) is 57.5 Å². The summed E-state index contributed by atoms with van der Waals surface area (Å²) in [4.78, 5) is 19.7. The zero-order chi connectivity index (χ0) is 18.5. The maximum absolute atomic E-state index is 13.0. The molecular formula is C22H34N4O. The van der Waals surface area contributed by atoms with Crippen molar-refractivity contribution < 1.29 is 4.79 Å². The Bertz CT molecular complexity index is 594. The molecular weight excluding hydrogens is 336 g/mol. The average Bonchev–Trinajstić information content (AvgIpc) is 3.21. The summed E-state index contributed by atoms with van der Waals surface area (Å²) in [5.74, 6) is 1.99. The normalized spacial score (nSPS) is 28.3. The maximum Gasteiger partial charge on any atom is 0.223 e. The second-order valence-electron chi connectivity index (χ2n) is 8.71. The minimum absolute atomic E-state index is 0.265. The molecule has 3 fully saturated rings. The fraction of sp³-hybridized carbons (Fsp3) is 0.727. The van der Waals surface area contributed by atoms with E-state index >= 15 is 0 Å².